The molecule has 1 fully saturated rings. The molecule has 4 aromatic carbocycles. The fourth-order valence-corrected chi connectivity index (χ4v) is 5.04. The van der Waals surface area contributed by atoms with E-state index in [1.165, 1.54) is 16.7 Å². The van der Waals surface area contributed by atoms with Crippen LogP contribution in [0.25, 0.3) is 0 Å². The molecule has 1 heterocycles. The highest BCUT2D eigenvalue weighted by molar-refractivity contribution is 5.94. The third kappa shape index (κ3) is 9.90. The van der Waals surface area contributed by atoms with Gasteiger partial charge in [0.15, 0.2) is 6.61 Å². The summed E-state index contributed by atoms with van der Waals surface area (Å²) in [6, 6.07) is 35.5. The summed E-state index contributed by atoms with van der Waals surface area (Å²) in [6.07, 6.45) is 2.35. The van der Waals surface area contributed by atoms with Gasteiger partial charge >= 0.3 is 0 Å². The number of hydrogen-bond donors (Lipinski definition) is 2. The van der Waals surface area contributed by atoms with E-state index in [0.717, 1.165) is 51.3 Å². The third-order valence-electron chi connectivity index (χ3n) is 7.54. The number of rotatable bonds is 13. The van der Waals surface area contributed by atoms with E-state index in [-0.39, 0.29) is 18.4 Å². The molecule has 5 rings (SSSR count). The lowest BCUT2D eigenvalue weighted by Crippen LogP contribution is -2.45. The Labute approximate surface area is 259 Å². The molecule has 0 saturated carbocycles. The van der Waals surface area contributed by atoms with Crippen molar-refractivity contribution in [1.82, 2.24) is 20.5 Å². The van der Waals surface area contributed by atoms with Gasteiger partial charge in [-0.1, -0.05) is 72.8 Å². The van der Waals surface area contributed by atoms with Crippen LogP contribution in [0, 0.1) is 0 Å². The molecule has 0 atom stereocenters. The van der Waals surface area contributed by atoms with Crippen LogP contribution in [0.15, 0.2) is 114 Å². The molecule has 8 nitrogen and oxygen atoms in total. The fraction of sp³-hybridized carbons (Fsp3) is 0.250. The van der Waals surface area contributed by atoms with E-state index in [0.29, 0.717) is 17.9 Å². The highest BCUT2D eigenvalue weighted by Crippen LogP contribution is 2.13. The summed E-state index contributed by atoms with van der Waals surface area (Å²) in [4.78, 5) is 29.6. The van der Waals surface area contributed by atoms with Crippen molar-refractivity contribution in [2.24, 2.45) is 5.10 Å². The van der Waals surface area contributed by atoms with Gasteiger partial charge in [-0.2, -0.15) is 5.10 Å². The second-order valence-electron chi connectivity index (χ2n) is 10.9. The molecule has 4 aromatic rings. The monoisotopic (exact) mass is 589 g/mol. The van der Waals surface area contributed by atoms with Crippen molar-refractivity contribution in [3.05, 3.63) is 137 Å². The van der Waals surface area contributed by atoms with Crippen molar-refractivity contribution in [3.63, 3.8) is 0 Å². The molecule has 0 bridgehead atoms. The van der Waals surface area contributed by atoms with Crippen molar-refractivity contribution in [2.75, 3.05) is 39.3 Å². The van der Waals surface area contributed by atoms with E-state index in [2.05, 4.69) is 56.0 Å². The normalized spacial score (nSPS) is 13.9. The fourth-order valence-electron chi connectivity index (χ4n) is 5.04. The van der Waals surface area contributed by atoms with E-state index < -0.39 is 0 Å². The van der Waals surface area contributed by atoms with Crippen LogP contribution in [0.5, 0.6) is 5.75 Å². The number of nitrogens with one attached hydrogen (secondary N) is 2. The summed E-state index contributed by atoms with van der Waals surface area (Å²) in [7, 11) is 0. The van der Waals surface area contributed by atoms with Crippen LogP contribution in [0.2, 0.25) is 0 Å². The van der Waals surface area contributed by atoms with Crippen LogP contribution in [0.4, 0.5) is 0 Å². The van der Waals surface area contributed by atoms with Gasteiger partial charge in [0.25, 0.3) is 11.8 Å². The molecule has 8 heteroatoms. The lowest BCUT2D eigenvalue weighted by Gasteiger charge is -2.34. The number of amides is 2. The number of hydrazone groups is 1. The predicted molar refractivity (Wildman–Crippen MR) is 174 cm³/mol. The first-order valence-electron chi connectivity index (χ1n) is 15.1. The first kappa shape index (κ1) is 30.7. The largest absolute Gasteiger partial charge is 0.484 e. The molecule has 1 saturated heterocycles. The summed E-state index contributed by atoms with van der Waals surface area (Å²) < 4.78 is 5.58. The molecule has 1 aliphatic heterocycles. The minimum Gasteiger partial charge on any atom is -0.484 e. The van der Waals surface area contributed by atoms with Gasteiger partial charge in [0.2, 0.25) is 0 Å². The Morgan fingerprint density at radius 1 is 0.705 bits per heavy atom. The molecular formula is C36H39N5O3. The minimum atomic E-state index is -0.263. The number of ether oxygens (including phenoxy) is 1. The Kier molecular flexibility index (Phi) is 11.3. The topological polar surface area (TPSA) is 86.3 Å². The third-order valence-corrected chi connectivity index (χ3v) is 7.54. The number of benzene rings is 4. The first-order valence-corrected chi connectivity index (χ1v) is 15.1. The average Bonchev–Trinajstić information content (AvgIpc) is 3.06. The molecular weight excluding hydrogens is 550 g/mol. The van der Waals surface area contributed by atoms with Crippen LogP contribution >= 0.6 is 0 Å². The Hall–Kier alpha value is -4.79. The van der Waals surface area contributed by atoms with Gasteiger partial charge in [0, 0.05) is 51.4 Å². The Morgan fingerprint density at radius 3 is 1.89 bits per heavy atom. The van der Waals surface area contributed by atoms with Gasteiger partial charge in [-0.25, -0.2) is 5.43 Å². The van der Waals surface area contributed by atoms with Crippen LogP contribution in [-0.4, -0.2) is 67.2 Å². The van der Waals surface area contributed by atoms with Gasteiger partial charge in [-0.05, 0) is 65.1 Å². The molecule has 0 aromatic heterocycles. The minimum absolute atomic E-state index is 0.0531. The molecule has 44 heavy (non-hydrogen) atoms. The standard InChI is InChI=1S/C36H39N5O3/c42-35(37-20-19-29-7-3-1-4-8-29)28-44-34-17-13-30(14-18-34)25-38-39-36(43)33-15-11-32(12-16-33)27-41-23-21-40(22-24-41)26-31-9-5-2-6-10-31/h1-18,25H,19-24,26-28H2,(H,37,42)(H,39,43)/b38-25-. The quantitative estimate of drug-likeness (QED) is 0.177. The number of nitrogens with zero attached hydrogens (tertiary/aromatic N) is 3. The Morgan fingerprint density at radius 2 is 1.27 bits per heavy atom. The maximum Gasteiger partial charge on any atom is 0.271 e. The van der Waals surface area contributed by atoms with E-state index in [1.807, 2.05) is 66.7 Å². The summed E-state index contributed by atoms with van der Waals surface area (Å²) in [5.74, 6) is 0.152. The zero-order valence-corrected chi connectivity index (χ0v) is 24.9. The average molecular weight is 590 g/mol. The van der Waals surface area contributed by atoms with Crippen LogP contribution in [0.3, 0.4) is 0 Å². The SMILES string of the molecule is O=C(COc1ccc(/C=N\NC(=O)c2ccc(CN3CCN(Cc4ccccc4)CC3)cc2)cc1)NCCc1ccccc1. The molecule has 0 radical (unpaired) electrons. The number of carbonyl (C=O) groups is 2. The number of hydrogen-bond acceptors (Lipinski definition) is 6. The molecule has 0 aliphatic carbocycles. The van der Waals surface area contributed by atoms with Crippen molar-refractivity contribution in [2.45, 2.75) is 19.5 Å². The first-order chi connectivity index (χ1) is 21.6. The molecule has 2 N–H and O–H groups in total. The van der Waals surface area contributed by atoms with E-state index in [9.17, 15) is 9.59 Å². The van der Waals surface area contributed by atoms with Crippen LogP contribution < -0.4 is 15.5 Å². The van der Waals surface area contributed by atoms with E-state index in [1.54, 1.807) is 18.3 Å². The summed E-state index contributed by atoms with van der Waals surface area (Å²) in [6.45, 7) is 6.54. The highest BCUT2D eigenvalue weighted by atomic mass is 16.5. The van der Waals surface area contributed by atoms with E-state index in [4.69, 9.17) is 4.74 Å². The Balaban J connectivity index is 0.982. The zero-order valence-electron chi connectivity index (χ0n) is 24.9. The molecule has 0 spiro atoms. The molecule has 0 unspecified atom stereocenters. The lowest BCUT2D eigenvalue weighted by molar-refractivity contribution is -0.123. The maximum atomic E-state index is 12.6. The van der Waals surface area contributed by atoms with Gasteiger partial charge in [0.05, 0.1) is 6.21 Å². The second-order valence-corrected chi connectivity index (χ2v) is 10.9. The summed E-state index contributed by atoms with van der Waals surface area (Å²) in [5.41, 5.74) is 7.67. The van der Waals surface area contributed by atoms with Gasteiger partial charge in [0.1, 0.15) is 5.75 Å². The lowest BCUT2D eigenvalue weighted by atomic mass is 10.1. The smallest absolute Gasteiger partial charge is 0.271 e. The van der Waals surface area contributed by atoms with Crippen molar-refractivity contribution >= 4 is 18.0 Å². The van der Waals surface area contributed by atoms with Gasteiger partial charge in [-0.3, -0.25) is 19.4 Å². The molecule has 226 valence electrons. The Bertz CT molecular complexity index is 1480. The van der Waals surface area contributed by atoms with Crippen LogP contribution in [-0.2, 0) is 24.3 Å². The predicted octanol–water partition coefficient (Wildman–Crippen LogP) is 4.51. The summed E-state index contributed by atoms with van der Waals surface area (Å²) >= 11 is 0. The van der Waals surface area contributed by atoms with Crippen LogP contribution in [0.1, 0.15) is 32.6 Å². The number of piperazine rings is 1. The second kappa shape index (κ2) is 16.2. The molecule has 2 amide bonds. The number of carbonyl (C=O) groups excluding carboxylic acids is 2. The maximum absolute atomic E-state index is 12.6. The van der Waals surface area contributed by atoms with Gasteiger partial charge < -0.3 is 10.1 Å². The van der Waals surface area contributed by atoms with E-state index >= 15 is 0 Å². The van der Waals surface area contributed by atoms with Crippen molar-refractivity contribution < 1.29 is 14.3 Å². The summed E-state index contributed by atoms with van der Waals surface area (Å²) in [5, 5.41) is 6.96. The van der Waals surface area contributed by atoms with Gasteiger partial charge in [-0.15, -0.1) is 0 Å². The van der Waals surface area contributed by atoms with Crippen molar-refractivity contribution in [1.29, 1.82) is 0 Å². The zero-order chi connectivity index (χ0) is 30.4. The molecule has 1 aliphatic rings. The van der Waals surface area contributed by atoms with Crippen molar-refractivity contribution in [3.8, 4) is 5.75 Å². The highest BCUT2D eigenvalue weighted by Gasteiger charge is 2.17.